The number of nitrogens with zero attached hydrogens (tertiary/aromatic N) is 1. The van der Waals surface area contributed by atoms with Gasteiger partial charge in [-0.25, -0.2) is 0 Å². The zero-order valence-electron chi connectivity index (χ0n) is 19.0. The van der Waals surface area contributed by atoms with Gasteiger partial charge in [-0.2, -0.15) is 0 Å². The van der Waals surface area contributed by atoms with Crippen molar-refractivity contribution in [2.24, 2.45) is 0 Å². The summed E-state index contributed by atoms with van der Waals surface area (Å²) in [5.74, 6) is 0.482. The summed E-state index contributed by atoms with van der Waals surface area (Å²) in [4.78, 5) is 28.9. The highest BCUT2D eigenvalue weighted by Crippen LogP contribution is 2.43. The summed E-state index contributed by atoms with van der Waals surface area (Å²) < 4.78 is 16.8. The molecule has 0 fully saturated rings. The number of ether oxygens (including phenoxy) is 2. The first kappa shape index (κ1) is 21.6. The highest BCUT2D eigenvalue weighted by atomic mass is 16.5. The number of aromatic hydroxyl groups is 1. The van der Waals surface area contributed by atoms with Gasteiger partial charge in [-0.15, -0.1) is 0 Å². The molecule has 0 saturated heterocycles. The van der Waals surface area contributed by atoms with Crippen LogP contribution in [0.25, 0.3) is 11.0 Å². The van der Waals surface area contributed by atoms with E-state index in [4.69, 9.17) is 13.9 Å². The van der Waals surface area contributed by atoms with E-state index in [1.54, 1.807) is 55.6 Å². The first-order valence-corrected chi connectivity index (χ1v) is 10.9. The minimum absolute atomic E-state index is 0.00760. The van der Waals surface area contributed by atoms with Crippen molar-refractivity contribution in [2.75, 3.05) is 18.6 Å². The Balaban J connectivity index is 1.78. The van der Waals surface area contributed by atoms with Crippen LogP contribution in [0.5, 0.6) is 17.2 Å². The third-order valence-electron chi connectivity index (χ3n) is 5.98. The Morgan fingerprint density at radius 1 is 1.03 bits per heavy atom. The standard InChI is InChI=1S/C27H23NO6/c1-4-33-22-14-16(6-11-20(22)29)24-23-25(30)19-13-15(2)5-12-21(19)34-26(23)27(31)28(24)17-7-9-18(32-3)10-8-17/h5-14,24,29H,4H2,1-3H3. The van der Waals surface area contributed by atoms with Crippen LogP contribution >= 0.6 is 0 Å². The molecule has 0 spiro atoms. The van der Waals surface area contributed by atoms with E-state index in [1.165, 1.54) is 11.0 Å². The molecular weight excluding hydrogens is 434 g/mol. The Morgan fingerprint density at radius 2 is 1.79 bits per heavy atom. The number of hydrogen-bond donors (Lipinski definition) is 1. The molecule has 1 aliphatic rings. The van der Waals surface area contributed by atoms with E-state index in [0.717, 1.165) is 5.56 Å². The van der Waals surface area contributed by atoms with Crippen molar-refractivity contribution < 1.29 is 23.8 Å². The fourth-order valence-corrected chi connectivity index (χ4v) is 4.38. The maximum absolute atomic E-state index is 13.7. The van der Waals surface area contributed by atoms with Crippen molar-refractivity contribution in [2.45, 2.75) is 19.9 Å². The number of carbonyl (C=O) groups is 1. The van der Waals surface area contributed by atoms with Gasteiger partial charge in [0.2, 0.25) is 5.76 Å². The minimum atomic E-state index is -0.767. The van der Waals surface area contributed by atoms with Crippen LogP contribution in [0.15, 0.2) is 69.9 Å². The number of anilines is 1. The van der Waals surface area contributed by atoms with Gasteiger partial charge in [0.15, 0.2) is 16.9 Å². The summed E-state index contributed by atoms with van der Waals surface area (Å²) in [6.07, 6.45) is 0. The lowest BCUT2D eigenvalue weighted by Crippen LogP contribution is -2.29. The number of phenolic OH excluding ortho intramolecular Hbond substituents is 1. The van der Waals surface area contributed by atoms with Gasteiger partial charge in [0, 0.05) is 5.69 Å². The molecule has 1 atom stereocenters. The smallest absolute Gasteiger partial charge is 0.295 e. The molecule has 0 radical (unpaired) electrons. The molecule has 1 amide bonds. The van der Waals surface area contributed by atoms with Crippen LogP contribution in [0, 0.1) is 6.92 Å². The zero-order valence-corrected chi connectivity index (χ0v) is 19.0. The topological polar surface area (TPSA) is 89.2 Å². The number of benzene rings is 3. The Hall–Kier alpha value is -4.26. The molecule has 1 aliphatic heterocycles. The van der Waals surface area contributed by atoms with E-state index in [9.17, 15) is 14.7 Å². The van der Waals surface area contributed by atoms with Gasteiger partial charge in [0.1, 0.15) is 11.3 Å². The summed E-state index contributed by atoms with van der Waals surface area (Å²) in [7, 11) is 1.57. The van der Waals surface area contributed by atoms with Crippen LogP contribution in [0.4, 0.5) is 5.69 Å². The summed E-state index contributed by atoms with van der Waals surface area (Å²) >= 11 is 0. The van der Waals surface area contributed by atoms with Gasteiger partial charge in [0.25, 0.3) is 5.91 Å². The van der Waals surface area contributed by atoms with Crippen LogP contribution in [0.2, 0.25) is 0 Å². The molecule has 34 heavy (non-hydrogen) atoms. The molecule has 0 saturated carbocycles. The quantitative estimate of drug-likeness (QED) is 0.455. The van der Waals surface area contributed by atoms with E-state index < -0.39 is 11.9 Å². The van der Waals surface area contributed by atoms with Crippen molar-refractivity contribution in [3.05, 3.63) is 93.3 Å². The maximum atomic E-state index is 13.7. The maximum Gasteiger partial charge on any atom is 0.295 e. The van der Waals surface area contributed by atoms with Gasteiger partial charge in [0.05, 0.1) is 30.7 Å². The predicted octanol–water partition coefficient (Wildman–Crippen LogP) is 4.96. The fraction of sp³-hybridized carbons (Fsp3) is 0.185. The third-order valence-corrected chi connectivity index (χ3v) is 5.98. The normalized spacial score (nSPS) is 15.0. The molecule has 5 rings (SSSR count). The largest absolute Gasteiger partial charge is 0.504 e. The molecule has 2 heterocycles. The predicted molar refractivity (Wildman–Crippen MR) is 128 cm³/mol. The summed E-state index contributed by atoms with van der Waals surface area (Å²) in [5.41, 5.74) is 2.46. The number of methoxy groups -OCH3 is 1. The van der Waals surface area contributed by atoms with E-state index in [0.29, 0.717) is 34.6 Å². The molecule has 0 aliphatic carbocycles. The number of phenols is 1. The number of rotatable bonds is 5. The third kappa shape index (κ3) is 3.37. The molecule has 7 heteroatoms. The molecule has 172 valence electrons. The lowest BCUT2D eigenvalue weighted by atomic mass is 9.97. The molecule has 1 unspecified atom stereocenters. The summed E-state index contributed by atoms with van der Waals surface area (Å²) in [5, 5.41) is 10.6. The zero-order chi connectivity index (χ0) is 24.0. The van der Waals surface area contributed by atoms with Crippen molar-refractivity contribution in [1.82, 2.24) is 0 Å². The monoisotopic (exact) mass is 457 g/mol. The Morgan fingerprint density at radius 3 is 2.50 bits per heavy atom. The van der Waals surface area contributed by atoms with Crippen molar-refractivity contribution in [3.63, 3.8) is 0 Å². The molecular formula is C27H23NO6. The van der Waals surface area contributed by atoms with E-state index in [1.807, 2.05) is 19.9 Å². The van der Waals surface area contributed by atoms with Gasteiger partial charge in [-0.1, -0.05) is 17.7 Å². The molecule has 1 N–H and O–H groups in total. The lowest BCUT2D eigenvalue weighted by Gasteiger charge is -2.26. The van der Waals surface area contributed by atoms with Crippen molar-refractivity contribution >= 4 is 22.6 Å². The number of carbonyl (C=O) groups excluding carboxylic acids is 1. The van der Waals surface area contributed by atoms with E-state index in [-0.39, 0.29) is 28.3 Å². The van der Waals surface area contributed by atoms with E-state index >= 15 is 0 Å². The highest BCUT2D eigenvalue weighted by Gasteiger charge is 2.44. The summed E-state index contributed by atoms with van der Waals surface area (Å²) in [6, 6.07) is 16.4. The van der Waals surface area contributed by atoms with Gasteiger partial charge in [-0.3, -0.25) is 14.5 Å². The Kier molecular flexibility index (Phi) is 5.24. The number of aryl methyl sites for hydroxylation is 1. The number of hydrogen-bond acceptors (Lipinski definition) is 6. The van der Waals surface area contributed by atoms with Gasteiger partial charge < -0.3 is 19.0 Å². The number of fused-ring (bicyclic) bond motifs is 2. The molecule has 7 nitrogen and oxygen atoms in total. The SMILES string of the molecule is CCOc1cc(C2c3c(oc4ccc(C)cc4c3=O)C(=O)N2c2ccc(OC)cc2)ccc1O. The average Bonchev–Trinajstić information content (AvgIpc) is 3.13. The Bertz CT molecular complexity index is 1470. The highest BCUT2D eigenvalue weighted by molar-refractivity contribution is 6.10. The van der Waals surface area contributed by atoms with Gasteiger partial charge >= 0.3 is 0 Å². The number of amides is 1. The van der Waals surface area contributed by atoms with Gasteiger partial charge in [-0.05, 0) is 67.9 Å². The van der Waals surface area contributed by atoms with Crippen molar-refractivity contribution in [1.29, 1.82) is 0 Å². The second-order valence-corrected chi connectivity index (χ2v) is 8.11. The fourth-order valence-electron chi connectivity index (χ4n) is 4.38. The second-order valence-electron chi connectivity index (χ2n) is 8.11. The van der Waals surface area contributed by atoms with Crippen LogP contribution in [-0.2, 0) is 0 Å². The molecule has 4 aromatic rings. The van der Waals surface area contributed by atoms with Crippen LogP contribution < -0.4 is 19.8 Å². The summed E-state index contributed by atoms with van der Waals surface area (Å²) in [6.45, 7) is 4.06. The first-order valence-electron chi connectivity index (χ1n) is 10.9. The van der Waals surface area contributed by atoms with Crippen molar-refractivity contribution in [3.8, 4) is 17.2 Å². The Labute approximate surface area is 195 Å². The lowest BCUT2D eigenvalue weighted by molar-refractivity contribution is 0.0971. The second kappa shape index (κ2) is 8.26. The van der Waals surface area contributed by atoms with Crippen LogP contribution in [-0.4, -0.2) is 24.7 Å². The average molecular weight is 457 g/mol. The molecule has 3 aromatic carbocycles. The molecule has 1 aromatic heterocycles. The minimum Gasteiger partial charge on any atom is -0.504 e. The first-order chi connectivity index (χ1) is 16.4. The van der Waals surface area contributed by atoms with E-state index in [2.05, 4.69) is 0 Å². The molecule has 0 bridgehead atoms. The van der Waals surface area contributed by atoms with Crippen LogP contribution in [0.1, 0.15) is 40.2 Å². The van der Waals surface area contributed by atoms with Crippen LogP contribution in [0.3, 0.4) is 0 Å².